The van der Waals surface area contributed by atoms with Crippen LogP contribution in [0.5, 0.6) is 0 Å². The van der Waals surface area contributed by atoms with E-state index >= 15 is 0 Å². The van der Waals surface area contributed by atoms with Gasteiger partial charge in [0.1, 0.15) is 5.84 Å². The van der Waals surface area contributed by atoms with Gasteiger partial charge in [-0.2, -0.15) is 11.8 Å². The molecule has 0 saturated heterocycles. The molecule has 0 saturated carbocycles. The zero-order valence-electron chi connectivity index (χ0n) is 6.13. The summed E-state index contributed by atoms with van der Waals surface area (Å²) >= 11 is 1.60. The van der Waals surface area contributed by atoms with E-state index in [0.29, 0.717) is 11.0 Å². The monoisotopic (exact) mass is 162 g/mol. The number of hydrogen-bond donors (Lipinski definition) is 3. The van der Waals surface area contributed by atoms with Gasteiger partial charge in [-0.15, -0.1) is 0 Å². The summed E-state index contributed by atoms with van der Waals surface area (Å²) in [7, 11) is 0. The molecule has 0 rings (SSSR count). The molecule has 0 bridgehead atoms. The summed E-state index contributed by atoms with van der Waals surface area (Å²) in [6.45, 7) is 2.23. The Hall–Kier alpha value is -0.220. The Morgan fingerprint density at radius 1 is 1.80 bits per heavy atom. The van der Waals surface area contributed by atoms with Crippen LogP contribution in [-0.4, -0.2) is 28.6 Å². The highest BCUT2D eigenvalue weighted by molar-refractivity contribution is 8.00. The fraction of sp³-hybridized carbons (Fsp3) is 0.833. The highest BCUT2D eigenvalue weighted by Gasteiger charge is 2.00. The molecule has 0 amide bonds. The number of nitrogens with two attached hydrogens (primary N) is 1. The third-order valence-electron chi connectivity index (χ3n) is 1.06. The molecule has 0 aliphatic heterocycles. The van der Waals surface area contributed by atoms with Gasteiger partial charge < -0.3 is 10.8 Å². The summed E-state index contributed by atoms with van der Waals surface area (Å²) in [6, 6.07) is 0. The van der Waals surface area contributed by atoms with Crippen LogP contribution in [0.3, 0.4) is 0 Å². The van der Waals surface area contributed by atoms with Gasteiger partial charge in [-0.1, -0.05) is 6.92 Å². The van der Waals surface area contributed by atoms with E-state index in [1.807, 2.05) is 6.92 Å². The van der Waals surface area contributed by atoms with Crippen molar-refractivity contribution in [1.82, 2.24) is 0 Å². The third-order valence-corrected chi connectivity index (χ3v) is 2.34. The standard InChI is InChI=1S/C6H14N2OS/c1-5(2-3-9)10-4-6(7)8/h5,9H,2-4H2,1H3,(H3,7,8). The molecule has 0 fully saturated rings. The maximum atomic E-state index is 8.50. The molecule has 60 valence electrons. The molecular formula is C6H14N2OS. The molecule has 0 aliphatic rings. The molecule has 1 unspecified atom stereocenters. The Bertz CT molecular complexity index is 108. The Morgan fingerprint density at radius 2 is 2.40 bits per heavy atom. The lowest BCUT2D eigenvalue weighted by molar-refractivity contribution is 0.289. The number of nitrogens with one attached hydrogen (secondary N) is 1. The van der Waals surface area contributed by atoms with Crippen molar-refractivity contribution < 1.29 is 5.11 Å². The quantitative estimate of drug-likeness (QED) is 0.405. The molecule has 4 heteroatoms. The predicted molar refractivity (Wildman–Crippen MR) is 45.5 cm³/mol. The summed E-state index contributed by atoms with van der Waals surface area (Å²) in [5.41, 5.74) is 5.14. The van der Waals surface area contributed by atoms with Crippen molar-refractivity contribution in [2.45, 2.75) is 18.6 Å². The smallest absolute Gasteiger partial charge is 0.101 e. The lowest BCUT2D eigenvalue weighted by atomic mass is 10.3. The zero-order valence-corrected chi connectivity index (χ0v) is 6.95. The highest BCUT2D eigenvalue weighted by Crippen LogP contribution is 2.12. The predicted octanol–water partition coefficient (Wildman–Crippen LogP) is 0.426. The summed E-state index contributed by atoms with van der Waals surface area (Å²) in [5, 5.41) is 15.8. The summed E-state index contributed by atoms with van der Waals surface area (Å²) in [5.74, 6) is 0.774. The number of rotatable bonds is 5. The van der Waals surface area contributed by atoms with Gasteiger partial charge >= 0.3 is 0 Å². The van der Waals surface area contributed by atoms with Crippen LogP contribution in [0.1, 0.15) is 13.3 Å². The topological polar surface area (TPSA) is 70.1 Å². The molecule has 0 radical (unpaired) electrons. The first-order valence-electron chi connectivity index (χ1n) is 3.22. The van der Waals surface area contributed by atoms with Crippen molar-refractivity contribution in [2.24, 2.45) is 5.73 Å². The van der Waals surface area contributed by atoms with Crippen LogP contribution in [0, 0.1) is 5.41 Å². The van der Waals surface area contributed by atoms with E-state index in [4.69, 9.17) is 16.2 Å². The van der Waals surface area contributed by atoms with Crippen molar-refractivity contribution in [1.29, 1.82) is 5.41 Å². The van der Waals surface area contributed by atoms with Crippen LogP contribution in [0.25, 0.3) is 0 Å². The average molecular weight is 162 g/mol. The number of hydrogen-bond acceptors (Lipinski definition) is 3. The van der Waals surface area contributed by atoms with Gasteiger partial charge in [0, 0.05) is 11.9 Å². The number of amidine groups is 1. The van der Waals surface area contributed by atoms with Gasteiger partial charge in [-0.05, 0) is 6.42 Å². The lowest BCUT2D eigenvalue weighted by Crippen LogP contribution is -2.14. The molecule has 0 aromatic heterocycles. The van der Waals surface area contributed by atoms with E-state index in [1.165, 1.54) is 0 Å². The van der Waals surface area contributed by atoms with Crippen LogP contribution in [0.15, 0.2) is 0 Å². The van der Waals surface area contributed by atoms with Crippen molar-refractivity contribution in [2.75, 3.05) is 12.4 Å². The number of thioether (sulfide) groups is 1. The van der Waals surface area contributed by atoms with Gasteiger partial charge in [0.15, 0.2) is 0 Å². The molecule has 3 nitrogen and oxygen atoms in total. The Kier molecular flexibility index (Phi) is 5.43. The second-order valence-electron chi connectivity index (χ2n) is 2.16. The highest BCUT2D eigenvalue weighted by atomic mass is 32.2. The van der Waals surface area contributed by atoms with Gasteiger partial charge in [-0.25, -0.2) is 0 Å². The third kappa shape index (κ3) is 5.91. The van der Waals surface area contributed by atoms with Crippen molar-refractivity contribution in [3.63, 3.8) is 0 Å². The molecule has 0 aromatic rings. The molecule has 0 heterocycles. The average Bonchev–Trinajstić information content (AvgIpc) is 1.85. The van der Waals surface area contributed by atoms with E-state index in [-0.39, 0.29) is 12.4 Å². The molecular weight excluding hydrogens is 148 g/mol. The van der Waals surface area contributed by atoms with Crippen molar-refractivity contribution in [3.05, 3.63) is 0 Å². The van der Waals surface area contributed by atoms with Crippen LogP contribution < -0.4 is 5.73 Å². The fourth-order valence-electron chi connectivity index (χ4n) is 0.497. The van der Waals surface area contributed by atoms with Gasteiger partial charge in [0.05, 0.1) is 5.75 Å². The SMILES string of the molecule is CC(CCO)SCC(=N)N. The largest absolute Gasteiger partial charge is 0.396 e. The Labute approximate surface area is 65.5 Å². The normalized spacial score (nSPS) is 13.0. The molecule has 0 spiro atoms. The minimum Gasteiger partial charge on any atom is -0.396 e. The first kappa shape index (κ1) is 9.78. The Morgan fingerprint density at radius 3 is 2.80 bits per heavy atom. The maximum Gasteiger partial charge on any atom is 0.101 e. The summed E-state index contributed by atoms with van der Waals surface area (Å²) < 4.78 is 0. The van der Waals surface area contributed by atoms with Crippen LogP contribution >= 0.6 is 11.8 Å². The van der Waals surface area contributed by atoms with E-state index in [9.17, 15) is 0 Å². The van der Waals surface area contributed by atoms with E-state index in [2.05, 4.69) is 0 Å². The van der Waals surface area contributed by atoms with Crippen LogP contribution in [-0.2, 0) is 0 Å². The first-order chi connectivity index (χ1) is 4.66. The molecule has 4 N–H and O–H groups in total. The lowest BCUT2D eigenvalue weighted by Gasteiger charge is -2.07. The molecule has 0 aliphatic carbocycles. The van der Waals surface area contributed by atoms with E-state index in [0.717, 1.165) is 6.42 Å². The van der Waals surface area contributed by atoms with Crippen LogP contribution in [0.4, 0.5) is 0 Å². The van der Waals surface area contributed by atoms with Gasteiger partial charge in [-0.3, -0.25) is 5.41 Å². The van der Waals surface area contributed by atoms with Crippen LogP contribution in [0.2, 0.25) is 0 Å². The number of aliphatic hydroxyl groups is 1. The minimum absolute atomic E-state index is 0.204. The van der Waals surface area contributed by atoms with Gasteiger partial charge in [0.2, 0.25) is 0 Å². The fourth-order valence-corrected chi connectivity index (χ4v) is 1.23. The maximum absolute atomic E-state index is 8.50. The van der Waals surface area contributed by atoms with E-state index < -0.39 is 0 Å². The minimum atomic E-state index is 0.204. The molecule has 1 atom stereocenters. The van der Waals surface area contributed by atoms with Crippen molar-refractivity contribution >= 4 is 17.6 Å². The Balaban J connectivity index is 3.21. The van der Waals surface area contributed by atoms with Gasteiger partial charge in [0.25, 0.3) is 0 Å². The second kappa shape index (κ2) is 5.56. The number of aliphatic hydroxyl groups excluding tert-OH is 1. The zero-order chi connectivity index (χ0) is 7.98. The second-order valence-corrected chi connectivity index (χ2v) is 3.59. The summed E-state index contributed by atoms with van der Waals surface area (Å²) in [6.07, 6.45) is 0.776. The molecule has 10 heavy (non-hydrogen) atoms. The van der Waals surface area contributed by atoms with Crippen molar-refractivity contribution in [3.8, 4) is 0 Å². The first-order valence-corrected chi connectivity index (χ1v) is 4.27. The molecule has 0 aromatic carbocycles. The summed E-state index contributed by atoms with van der Waals surface area (Å²) in [4.78, 5) is 0. The van der Waals surface area contributed by atoms with E-state index in [1.54, 1.807) is 11.8 Å².